The van der Waals surface area contributed by atoms with Gasteiger partial charge in [-0.3, -0.25) is 4.90 Å². The van der Waals surface area contributed by atoms with Gasteiger partial charge in [0.15, 0.2) is 0 Å². The fourth-order valence-electron chi connectivity index (χ4n) is 3.35. The Balaban J connectivity index is 1.47. The normalized spacial score (nSPS) is 30.6. The first-order valence-corrected chi connectivity index (χ1v) is 8.60. The van der Waals surface area contributed by atoms with Crippen LogP contribution >= 0.6 is 11.3 Å². The molecule has 1 aromatic rings. The standard InChI is InChI=1S/C16H26N2OS/c1-12(2)17(3)9-14-7-13-8-18(11-16(13)19-14)10-15-5-4-6-20-15/h4-6,12-14,16H,7-11H2,1-3H3/t13-,14-,16+/m1/s1. The van der Waals surface area contributed by atoms with Crippen molar-refractivity contribution < 1.29 is 4.74 Å². The minimum absolute atomic E-state index is 0.446. The van der Waals surface area contributed by atoms with Crippen LogP contribution in [0.3, 0.4) is 0 Å². The highest BCUT2D eigenvalue weighted by molar-refractivity contribution is 7.09. The Bertz CT molecular complexity index is 406. The van der Waals surface area contributed by atoms with Crippen LogP contribution < -0.4 is 0 Å². The molecule has 0 bridgehead atoms. The van der Waals surface area contributed by atoms with Gasteiger partial charge in [-0.1, -0.05) is 6.07 Å². The maximum Gasteiger partial charge on any atom is 0.0747 e. The van der Waals surface area contributed by atoms with Crippen molar-refractivity contribution in [3.63, 3.8) is 0 Å². The summed E-state index contributed by atoms with van der Waals surface area (Å²) in [7, 11) is 2.20. The Morgan fingerprint density at radius 3 is 2.95 bits per heavy atom. The van der Waals surface area contributed by atoms with Gasteiger partial charge < -0.3 is 9.64 Å². The molecule has 0 saturated carbocycles. The summed E-state index contributed by atoms with van der Waals surface area (Å²) in [6, 6.07) is 4.99. The third kappa shape index (κ3) is 3.25. The zero-order chi connectivity index (χ0) is 14.1. The number of fused-ring (bicyclic) bond motifs is 1. The summed E-state index contributed by atoms with van der Waals surface area (Å²) in [5, 5.41) is 2.17. The summed E-state index contributed by atoms with van der Waals surface area (Å²) in [6.45, 7) is 9.01. The van der Waals surface area contributed by atoms with Gasteiger partial charge in [-0.05, 0) is 38.8 Å². The van der Waals surface area contributed by atoms with Crippen molar-refractivity contribution in [2.75, 3.05) is 26.7 Å². The maximum absolute atomic E-state index is 6.28. The maximum atomic E-state index is 6.28. The minimum Gasteiger partial charge on any atom is -0.372 e. The highest BCUT2D eigenvalue weighted by Crippen LogP contribution is 2.34. The second kappa shape index (κ2) is 6.14. The van der Waals surface area contributed by atoms with Crippen LogP contribution in [-0.2, 0) is 11.3 Å². The van der Waals surface area contributed by atoms with E-state index in [0.29, 0.717) is 18.2 Å². The molecule has 112 valence electrons. The van der Waals surface area contributed by atoms with Crippen molar-refractivity contribution in [3.05, 3.63) is 22.4 Å². The van der Waals surface area contributed by atoms with E-state index in [0.717, 1.165) is 25.6 Å². The van der Waals surface area contributed by atoms with Crippen LogP contribution in [0.2, 0.25) is 0 Å². The molecular weight excluding hydrogens is 268 g/mol. The van der Waals surface area contributed by atoms with E-state index in [4.69, 9.17) is 4.74 Å². The molecule has 2 saturated heterocycles. The molecule has 1 aromatic heterocycles. The van der Waals surface area contributed by atoms with Crippen LogP contribution in [0, 0.1) is 5.92 Å². The highest BCUT2D eigenvalue weighted by atomic mass is 32.1. The highest BCUT2D eigenvalue weighted by Gasteiger charge is 2.42. The van der Waals surface area contributed by atoms with Gasteiger partial charge >= 0.3 is 0 Å². The first kappa shape index (κ1) is 14.5. The number of hydrogen-bond acceptors (Lipinski definition) is 4. The zero-order valence-corrected chi connectivity index (χ0v) is 13.6. The van der Waals surface area contributed by atoms with E-state index in [9.17, 15) is 0 Å². The number of rotatable bonds is 5. The first-order chi connectivity index (χ1) is 9.61. The predicted molar refractivity (Wildman–Crippen MR) is 84.1 cm³/mol. The molecule has 0 radical (unpaired) electrons. The van der Waals surface area contributed by atoms with Gasteiger partial charge in [0.1, 0.15) is 0 Å². The van der Waals surface area contributed by atoms with Crippen molar-refractivity contribution in [2.24, 2.45) is 5.92 Å². The smallest absolute Gasteiger partial charge is 0.0747 e. The average molecular weight is 294 g/mol. The summed E-state index contributed by atoms with van der Waals surface area (Å²) in [6.07, 6.45) is 2.16. The van der Waals surface area contributed by atoms with Crippen molar-refractivity contribution in [2.45, 2.75) is 45.1 Å². The SMILES string of the molecule is CC(C)N(C)C[C@H]1C[C@@H]2CN(Cc3cccs3)C[C@@H]2O1. The molecule has 0 spiro atoms. The van der Waals surface area contributed by atoms with Crippen LogP contribution in [0.15, 0.2) is 17.5 Å². The number of likely N-dealkylation sites (N-methyl/N-ethyl adjacent to an activating group) is 1. The molecule has 2 aliphatic heterocycles. The fourth-order valence-corrected chi connectivity index (χ4v) is 4.10. The lowest BCUT2D eigenvalue weighted by atomic mass is 10.0. The lowest BCUT2D eigenvalue weighted by Crippen LogP contribution is -2.35. The molecule has 3 nitrogen and oxygen atoms in total. The summed E-state index contributed by atoms with van der Waals surface area (Å²) in [5.41, 5.74) is 0. The summed E-state index contributed by atoms with van der Waals surface area (Å²) < 4.78 is 6.28. The first-order valence-electron chi connectivity index (χ1n) is 7.72. The number of ether oxygens (including phenoxy) is 1. The van der Waals surface area contributed by atoms with Gasteiger partial charge in [-0.2, -0.15) is 0 Å². The van der Waals surface area contributed by atoms with E-state index >= 15 is 0 Å². The molecule has 0 aromatic carbocycles. The van der Waals surface area contributed by atoms with Crippen molar-refractivity contribution in [3.8, 4) is 0 Å². The Morgan fingerprint density at radius 1 is 1.45 bits per heavy atom. The van der Waals surface area contributed by atoms with Crippen LogP contribution in [0.4, 0.5) is 0 Å². The molecule has 0 amide bonds. The van der Waals surface area contributed by atoms with Gasteiger partial charge in [0.05, 0.1) is 12.2 Å². The number of hydrogen-bond donors (Lipinski definition) is 0. The van der Waals surface area contributed by atoms with E-state index in [1.165, 1.54) is 17.8 Å². The second-order valence-electron chi connectivity index (χ2n) is 6.60. The zero-order valence-electron chi connectivity index (χ0n) is 12.8. The largest absolute Gasteiger partial charge is 0.372 e. The molecule has 2 aliphatic rings. The Morgan fingerprint density at radius 2 is 2.30 bits per heavy atom. The van der Waals surface area contributed by atoms with Crippen molar-refractivity contribution in [1.29, 1.82) is 0 Å². The second-order valence-corrected chi connectivity index (χ2v) is 7.63. The fraction of sp³-hybridized carbons (Fsp3) is 0.750. The van der Waals surface area contributed by atoms with E-state index in [-0.39, 0.29) is 0 Å². The quantitative estimate of drug-likeness (QED) is 0.830. The number of nitrogens with zero attached hydrogens (tertiary/aromatic N) is 2. The molecule has 20 heavy (non-hydrogen) atoms. The molecule has 2 fully saturated rings. The van der Waals surface area contributed by atoms with Crippen molar-refractivity contribution >= 4 is 11.3 Å². The monoisotopic (exact) mass is 294 g/mol. The summed E-state index contributed by atoms with van der Waals surface area (Å²) >= 11 is 1.86. The predicted octanol–water partition coefficient (Wildman–Crippen LogP) is 2.68. The van der Waals surface area contributed by atoms with E-state index < -0.39 is 0 Å². The minimum atomic E-state index is 0.446. The lowest BCUT2D eigenvalue weighted by Gasteiger charge is -2.25. The van der Waals surface area contributed by atoms with Gasteiger partial charge in [0.2, 0.25) is 0 Å². The molecule has 0 unspecified atom stereocenters. The topological polar surface area (TPSA) is 15.7 Å². The molecule has 3 atom stereocenters. The van der Waals surface area contributed by atoms with Crippen molar-refractivity contribution in [1.82, 2.24) is 9.80 Å². The summed E-state index contributed by atoms with van der Waals surface area (Å²) in [4.78, 5) is 6.43. The third-order valence-electron chi connectivity index (χ3n) is 4.72. The molecule has 0 N–H and O–H groups in total. The summed E-state index contributed by atoms with van der Waals surface area (Å²) in [5.74, 6) is 0.750. The van der Waals surface area contributed by atoms with Crippen LogP contribution in [-0.4, -0.2) is 54.7 Å². The Hall–Kier alpha value is -0.420. The van der Waals surface area contributed by atoms with Gasteiger partial charge in [-0.25, -0.2) is 0 Å². The van der Waals surface area contributed by atoms with Crippen LogP contribution in [0.25, 0.3) is 0 Å². The van der Waals surface area contributed by atoms with Gasteiger partial charge in [0, 0.05) is 43.0 Å². The van der Waals surface area contributed by atoms with Gasteiger partial charge in [0.25, 0.3) is 0 Å². The molecule has 4 heteroatoms. The molecule has 3 rings (SSSR count). The number of likely N-dealkylation sites (tertiary alicyclic amines) is 1. The Kier molecular flexibility index (Phi) is 4.46. The van der Waals surface area contributed by atoms with Crippen LogP contribution in [0.1, 0.15) is 25.1 Å². The van der Waals surface area contributed by atoms with E-state index in [2.05, 4.69) is 48.2 Å². The third-order valence-corrected chi connectivity index (χ3v) is 5.58. The molecule has 0 aliphatic carbocycles. The van der Waals surface area contributed by atoms with Crippen LogP contribution in [0.5, 0.6) is 0 Å². The van der Waals surface area contributed by atoms with E-state index in [1.54, 1.807) is 0 Å². The van der Waals surface area contributed by atoms with E-state index in [1.807, 2.05) is 11.3 Å². The molecule has 3 heterocycles. The van der Waals surface area contributed by atoms with Gasteiger partial charge in [-0.15, -0.1) is 11.3 Å². The number of thiophene rings is 1. The lowest BCUT2D eigenvalue weighted by molar-refractivity contribution is 0.0171. The average Bonchev–Trinajstić information content (AvgIpc) is 3.05. The molecular formula is C16H26N2OS. The Labute approximate surface area is 126 Å².